The highest BCUT2D eigenvalue weighted by molar-refractivity contribution is 5.92. The number of carbonyl (C=O) groups is 1. The van der Waals surface area contributed by atoms with Gasteiger partial charge in [-0.3, -0.25) is 4.79 Å². The zero-order valence-corrected chi connectivity index (χ0v) is 13.1. The van der Waals surface area contributed by atoms with Gasteiger partial charge < -0.3 is 9.80 Å². The van der Waals surface area contributed by atoms with Crippen molar-refractivity contribution in [1.82, 2.24) is 24.8 Å². The number of likely N-dealkylation sites (N-methyl/N-ethyl adjacent to an activating group) is 1. The molecule has 1 aromatic heterocycles. The second-order valence-electron chi connectivity index (χ2n) is 5.66. The predicted octanol–water partition coefficient (Wildman–Crippen LogP) is 1.22. The van der Waals surface area contributed by atoms with E-state index >= 15 is 0 Å². The van der Waals surface area contributed by atoms with Crippen LogP contribution in [0.3, 0.4) is 0 Å². The lowest BCUT2D eigenvalue weighted by atomic mass is 10.1. The number of aryl methyl sites for hydroxylation is 1. The molecule has 0 radical (unpaired) electrons. The molecule has 1 aliphatic rings. The monoisotopic (exact) mass is 299 g/mol. The van der Waals surface area contributed by atoms with Gasteiger partial charge in [0.2, 0.25) is 0 Å². The van der Waals surface area contributed by atoms with Gasteiger partial charge in [-0.2, -0.15) is 0 Å². The van der Waals surface area contributed by atoms with Crippen LogP contribution in [-0.4, -0.2) is 63.9 Å². The van der Waals surface area contributed by atoms with Crippen LogP contribution < -0.4 is 0 Å². The van der Waals surface area contributed by atoms with Crippen LogP contribution in [0, 0.1) is 0 Å². The number of nitrogens with zero attached hydrogens (tertiary/aromatic N) is 5. The van der Waals surface area contributed by atoms with E-state index in [0.29, 0.717) is 5.69 Å². The molecule has 1 fully saturated rings. The van der Waals surface area contributed by atoms with Gasteiger partial charge in [-0.25, -0.2) is 4.68 Å². The van der Waals surface area contributed by atoms with Crippen LogP contribution in [0.15, 0.2) is 30.5 Å². The van der Waals surface area contributed by atoms with Crippen LogP contribution in [0.1, 0.15) is 23.0 Å². The topological polar surface area (TPSA) is 54.3 Å². The number of piperazine rings is 1. The molecule has 0 saturated carbocycles. The number of rotatable bonds is 3. The summed E-state index contributed by atoms with van der Waals surface area (Å²) in [5.74, 6) is -0.0375. The molecule has 116 valence electrons. The van der Waals surface area contributed by atoms with Gasteiger partial charge in [-0.15, -0.1) is 5.10 Å². The maximum atomic E-state index is 12.4. The van der Waals surface area contributed by atoms with Gasteiger partial charge in [0.25, 0.3) is 5.91 Å². The molecule has 0 unspecified atom stereocenters. The molecule has 6 nitrogen and oxygen atoms in total. The van der Waals surface area contributed by atoms with Crippen molar-refractivity contribution in [2.75, 3.05) is 33.2 Å². The standard InChI is InChI=1S/C16H21N5O/c1-3-13-4-6-14(7-5-13)21-12-15(17-18-21)16(22)20-10-8-19(2)9-11-20/h4-7,12H,3,8-11H2,1-2H3. The Morgan fingerprint density at radius 2 is 1.82 bits per heavy atom. The minimum Gasteiger partial charge on any atom is -0.335 e. The van der Waals surface area contributed by atoms with Gasteiger partial charge in [0.15, 0.2) is 5.69 Å². The Hall–Kier alpha value is -2.21. The zero-order chi connectivity index (χ0) is 15.5. The van der Waals surface area contributed by atoms with E-state index < -0.39 is 0 Å². The highest BCUT2D eigenvalue weighted by Gasteiger charge is 2.22. The molecule has 0 atom stereocenters. The summed E-state index contributed by atoms with van der Waals surface area (Å²) in [6.45, 7) is 5.41. The lowest BCUT2D eigenvalue weighted by Crippen LogP contribution is -2.47. The summed E-state index contributed by atoms with van der Waals surface area (Å²) in [5.41, 5.74) is 2.60. The second-order valence-corrected chi connectivity index (χ2v) is 5.66. The van der Waals surface area contributed by atoms with E-state index in [4.69, 9.17) is 0 Å². The van der Waals surface area contributed by atoms with Gasteiger partial charge in [-0.05, 0) is 31.2 Å². The van der Waals surface area contributed by atoms with Crippen molar-refractivity contribution in [2.45, 2.75) is 13.3 Å². The van der Waals surface area contributed by atoms with Crippen molar-refractivity contribution in [3.05, 3.63) is 41.7 Å². The van der Waals surface area contributed by atoms with Gasteiger partial charge in [0.1, 0.15) is 0 Å². The Morgan fingerprint density at radius 1 is 1.14 bits per heavy atom. The molecular weight excluding hydrogens is 278 g/mol. The molecule has 1 amide bonds. The first-order valence-electron chi connectivity index (χ1n) is 7.67. The fourth-order valence-corrected chi connectivity index (χ4v) is 2.54. The van der Waals surface area contributed by atoms with Crippen LogP contribution >= 0.6 is 0 Å². The van der Waals surface area contributed by atoms with E-state index in [1.807, 2.05) is 17.0 Å². The molecule has 0 spiro atoms. The SMILES string of the molecule is CCc1ccc(-n2cc(C(=O)N3CCN(C)CC3)nn2)cc1. The maximum absolute atomic E-state index is 12.4. The summed E-state index contributed by atoms with van der Waals surface area (Å²) in [7, 11) is 2.07. The predicted molar refractivity (Wildman–Crippen MR) is 84.1 cm³/mol. The number of amides is 1. The first-order valence-corrected chi connectivity index (χ1v) is 7.67. The van der Waals surface area contributed by atoms with Crippen molar-refractivity contribution >= 4 is 5.91 Å². The Balaban J connectivity index is 1.73. The molecule has 2 aromatic rings. The lowest BCUT2D eigenvalue weighted by molar-refractivity contribution is 0.0658. The van der Waals surface area contributed by atoms with Crippen molar-refractivity contribution in [2.24, 2.45) is 0 Å². The molecular formula is C16H21N5O. The van der Waals surface area contributed by atoms with Crippen molar-refractivity contribution in [1.29, 1.82) is 0 Å². The van der Waals surface area contributed by atoms with E-state index in [-0.39, 0.29) is 5.91 Å². The smallest absolute Gasteiger partial charge is 0.276 e. The third-order valence-electron chi connectivity index (χ3n) is 4.11. The molecule has 0 bridgehead atoms. The summed E-state index contributed by atoms with van der Waals surface area (Å²) in [4.78, 5) is 16.5. The molecule has 0 aliphatic carbocycles. The van der Waals surface area contributed by atoms with Crippen molar-refractivity contribution < 1.29 is 4.79 Å². The molecule has 22 heavy (non-hydrogen) atoms. The van der Waals surface area contributed by atoms with Crippen LogP contribution in [0.5, 0.6) is 0 Å². The average molecular weight is 299 g/mol. The van der Waals surface area contributed by atoms with Gasteiger partial charge in [0, 0.05) is 26.2 Å². The fourth-order valence-electron chi connectivity index (χ4n) is 2.54. The molecule has 6 heteroatoms. The maximum Gasteiger partial charge on any atom is 0.276 e. The summed E-state index contributed by atoms with van der Waals surface area (Å²) >= 11 is 0. The van der Waals surface area contributed by atoms with Gasteiger partial charge >= 0.3 is 0 Å². The van der Waals surface area contributed by atoms with Crippen molar-refractivity contribution in [3.8, 4) is 5.69 Å². The third kappa shape index (κ3) is 3.01. The zero-order valence-electron chi connectivity index (χ0n) is 13.1. The van der Waals surface area contributed by atoms with E-state index in [1.54, 1.807) is 10.9 Å². The number of hydrogen-bond donors (Lipinski definition) is 0. The Bertz CT molecular complexity index is 641. The molecule has 3 rings (SSSR count). The minimum absolute atomic E-state index is 0.0375. The van der Waals surface area contributed by atoms with Crippen LogP contribution in [-0.2, 0) is 6.42 Å². The largest absolute Gasteiger partial charge is 0.335 e. The van der Waals surface area contributed by atoms with Gasteiger partial charge in [-0.1, -0.05) is 24.3 Å². The Morgan fingerprint density at radius 3 is 2.45 bits per heavy atom. The average Bonchev–Trinajstić information content (AvgIpc) is 3.05. The van der Waals surface area contributed by atoms with Crippen LogP contribution in [0.2, 0.25) is 0 Å². The first kappa shape index (κ1) is 14.7. The highest BCUT2D eigenvalue weighted by atomic mass is 16.2. The third-order valence-corrected chi connectivity index (χ3v) is 4.11. The first-order chi connectivity index (χ1) is 10.7. The van der Waals surface area contributed by atoms with E-state index in [1.165, 1.54) is 5.56 Å². The van der Waals surface area contributed by atoms with Crippen LogP contribution in [0.25, 0.3) is 5.69 Å². The number of carbonyl (C=O) groups excluding carboxylic acids is 1. The molecule has 2 heterocycles. The summed E-state index contributed by atoms with van der Waals surface area (Å²) in [5, 5.41) is 8.12. The Labute approximate surface area is 130 Å². The summed E-state index contributed by atoms with van der Waals surface area (Å²) in [6.07, 6.45) is 2.71. The minimum atomic E-state index is -0.0375. The number of aromatic nitrogens is 3. The molecule has 1 aliphatic heterocycles. The molecule has 0 N–H and O–H groups in total. The van der Waals surface area contributed by atoms with Gasteiger partial charge in [0.05, 0.1) is 11.9 Å². The highest BCUT2D eigenvalue weighted by Crippen LogP contribution is 2.11. The lowest BCUT2D eigenvalue weighted by Gasteiger charge is -2.31. The van der Waals surface area contributed by atoms with E-state index in [0.717, 1.165) is 38.3 Å². The Kier molecular flexibility index (Phi) is 4.20. The van der Waals surface area contributed by atoms with E-state index in [2.05, 4.69) is 41.3 Å². The summed E-state index contributed by atoms with van der Waals surface area (Å²) in [6, 6.07) is 8.13. The second kappa shape index (κ2) is 6.27. The van der Waals surface area contributed by atoms with Crippen LogP contribution in [0.4, 0.5) is 0 Å². The van der Waals surface area contributed by atoms with E-state index in [9.17, 15) is 4.79 Å². The number of hydrogen-bond acceptors (Lipinski definition) is 4. The fraction of sp³-hybridized carbons (Fsp3) is 0.438. The summed E-state index contributed by atoms with van der Waals surface area (Å²) < 4.78 is 1.66. The molecule has 1 aromatic carbocycles. The molecule has 1 saturated heterocycles. The quantitative estimate of drug-likeness (QED) is 0.855. The normalized spacial score (nSPS) is 16.0. The van der Waals surface area contributed by atoms with Crippen molar-refractivity contribution in [3.63, 3.8) is 0 Å². The number of benzene rings is 1.